The van der Waals surface area contributed by atoms with Gasteiger partial charge in [-0.15, -0.1) is 0 Å². The number of amides is 1. The normalized spacial score (nSPS) is 11.1. The fraction of sp³-hybridized carbons (Fsp3) is 0.130. The van der Waals surface area contributed by atoms with Crippen LogP contribution < -0.4 is 24.4 Å². The summed E-state index contributed by atoms with van der Waals surface area (Å²) in [6.45, 7) is 0. The number of hydrogen-bond donors (Lipinski definition) is 2. The second-order valence-electron chi connectivity index (χ2n) is 6.67. The first-order valence-electron chi connectivity index (χ1n) is 9.68. The van der Waals surface area contributed by atoms with E-state index >= 15 is 0 Å². The van der Waals surface area contributed by atoms with Crippen LogP contribution in [0.4, 0.5) is 5.69 Å². The quantitative estimate of drug-likeness (QED) is 0.367. The maximum absolute atomic E-state index is 12.7. The van der Waals surface area contributed by atoms with Crippen LogP contribution in [0, 0.1) is 0 Å². The van der Waals surface area contributed by atoms with E-state index in [2.05, 4.69) is 15.2 Å². The molecule has 0 heterocycles. The summed E-state index contributed by atoms with van der Waals surface area (Å²) >= 11 is 0. The van der Waals surface area contributed by atoms with Crippen LogP contribution in [0.1, 0.15) is 15.9 Å². The second-order valence-corrected chi connectivity index (χ2v) is 8.35. The summed E-state index contributed by atoms with van der Waals surface area (Å²) in [5.41, 5.74) is 3.50. The Hall–Kier alpha value is -4.05. The van der Waals surface area contributed by atoms with E-state index < -0.39 is 15.9 Å². The smallest absolute Gasteiger partial charge is 0.271 e. The standard InChI is InChI=1S/C23H23N3O6S/c1-30-19-11-8-18(9-12-19)26-33(28,29)21-6-4-5-16(13-21)23(27)25-24-15-17-7-10-20(31-2)14-22(17)32-3/h4-15,26H,1-3H3,(H,25,27)/b24-15-. The highest BCUT2D eigenvalue weighted by Crippen LogP contribution is 2.23. The molecule has 0 aliphatic rings. The van der Waals surface area contributed by atoms with Gasteiger partial charge in [-0.05, 0) is 54.6 Å². The highest BCUT2D eigenvalue weighted by Gasteiger charge is 2.16. The predicted molar refractivity (Wildman–Crippen MR) is 125 cm³/mol. The maximum atomic E-state index is 12.7. The number of benzene rings is 3. The first-order chi connectivity index (χ1) is 15.9. The Kier molecular flexibility index (Phi) is 7.52. The SMILES string of the molecule is COc1ccc(NS(=O)(=O)c2cccc(C(=O)N/N=C\c3ccc(OC)cc3OC)c2)cc1. The van der Waals surface area contributed by atoms with E-state index in [9.17, 15) is 13.2 Å². The van der Waals surface area contributed by atoms with Crippen LogP contribution >= 0.6 is 0 Å². The minimum atomic E-state index is -3.91. The molecule has 0 aliphatic carbocycles. The van der Waals surface area contributed by atoms with Gasteiger partial charge < -0.3 is 14.2 Å². The van der Waals surface area contributed by atoms with Gasteiger partial charge in [0.15, 0.2) is 0 Å². The Morgan fingerprint density at radius 1 is 0.879 bits per heavy atom. The fourth-order valence-corrected chi connectivity index (χ4v) is 3.93. The van der Waals surface area contributed by atoms with Crippen molar-refractivity contribution in [2.24, 2.45) is 5.10 Å². The minimum Gasteiger partial charge on any atom is -0.497 e. The summed E-state index contributed by atoms with van der Waals surface area (Å²) in [5.74, 6) is 1.17. The van der Waals surface area contributed by atoms with Crippen LogP contribution in [0.2, 0.25) is 0 Å². The van der Waals surface area contributed by atoms with Crippen molar-refractivity contribution in [3.63, 3.8) is 0 Å². The van der Waals surface area contributed by atoms with Crippen molar-refractivity contribution in [3.8, 4) is 17.2 Å². The summed E-state index contributed by atoms with van der Waals surface area (Å²) in [6, 6.07) is 17.2. The number of carbonyl (C=O) groups excluding carboxylic acids is 1. The van der Waals surface area contributed by atoms with Gasteiger partial charge in [0, 0.05) is 22.9 Å². The molecule has 0 unspecified atom stereocenters. The van der Waals surface area contributed by atoms with Gasteiger partial charge in [0.2, 0.25) is 0 Å². The van der Waals surface area contributed by atoms with Gasteiger partial charge in [0.05, 0.1) is 32.4 Å². The third-order valence-corrected chi connectivity index (χ3v) is 5.94. The molecule has 0 spiro atoms. The predicted octanol–water partition coefficient (Wildman–Crippen LogP) is 3.28. The number of rotatable bonds is 9. The zero-order valence-corrected chi connectivity index (χ0v) is 19.0. The number of methoxy groups -OCH3 is 3. The van der Waals surface area contributed by atoms with E-state index in [0.717, 1.165) is 0 Å². The molecular weight excluding hydrogens is 446 g/mol. The average molecular weight is 470 g/mol. The van der Waals surface area contributed by atoms with Crippen molar-refractivity contribution in [1.29, 1.82) is 0 Å². The molecule has 3 rings (SSSR count). The molecule has 3 aromatic rings. The second kappa shape index (κ2) is 10.5. The summed E-state index contributed by atoms with van der Waals surface area (Å²) in [7, 11) is 0.671. The van der Waals surface area contributed by atoms with Crippen molar-refractivity contribution in [2.45, 2.75) is 4.90 Å². The zero-order chi connectivity index (χ0) is 23.8. The molecule has 0 aromatic heterocycles. The van der Waals surface area contributed by atoms with Crippen LogP contribution in [0.25, 0.3) is 0 Å². The molecule has 0 saturated carbocycles. The summed E-state index contributed by atoms with van der Waals surface area (Å²) in [4.78, 5) is 12.4. The van der Waals surface area contributed by atoms with Gasteiger partial charge in [-0.2, -0.15) is 5.10 Å². The number of ether oxygens (including phenoxy) is 3. The third-order valence-electron chi connectivity index (χ3n) is 4.56. The topological polar surface area (TPSA) is 115 Å². The number of hydrogen-bond acceptors (Lipinski definition) is 7. The minimum absolute atomic E-state index is 0.0632. The van der Waals surface area contributed by atoms with Gasteiger partial charge in [0.1, 0.15) is 17.2 Å². The first kappa shape index (κ1) is 23.6. The lowest BCUT2D eigenvalue weighted by molar-refractivity contribution is 0.0955. The molecular formula is C23H23N3O6S. The highest BCUT2D eigenvalue weighted by atomic mass is 32.2. The zero-order valence-electron chi connectivity index (χ0n) is 18.2. The molecule has 10 heteroatoms. The molecule has 0 fully saturated rings. The van der Waals surface area contributed by atoms with Crippen molar-refractivity contribution in [1.82, 2.24) is 5.43 Å². The number of sulfonamides is 1. The number of carbonyl (C=O) groups is 1. The fourth-order valence-electron chi connectivity index (χ4n) is 2.83. The van der Waals surface area contributed by atoms with Crippen LogP contribution in [-0.2, 0) is 10.0 Å². The van der Waals surface area contributed by atoms with E-state index in [0.29, 0.717) is 28.5 Å². The van der Waals surface area contributed by atoms with Crippen LogP contribution in [-0.4, -0.2) is 41.9 Å². The highest BCUT2D eigenvalue weighted by molar-refractivity contribution is 7.92. The van der Waals surface area contributed by atoms with Crippen molar-refractivity contribution < 1.29 is 27.4 Å². The van der Waals surface area contributed by atoms with E-state index in [-0.39, 0.29) is 10.5 Å². The maximum Gasteiger partial charge on any atom is 0.271 e. The summed E-state index contributed by atoms with van der Waals surface area (Å²) in [6.07, 6.45) is 1.42. The molecule has 3 aromatic carbocycles. The van der Waals surface area contributed by atoms with E-state index in [4.69, 9.17) is 14.2 Å². The molecule has 9 nitrogen and oxygen atoms in total. The summed E-state index contributed by atoms with van der Waals surface area (Å²) in [5, 5.41) is 3.94. The molecule has 0 radical (unpaired) electrons. The monoisotopic (exact) mass is 469 g/mol. The molecule has 0 atom stereocenters. The van der Waals surface area contributed by atoms with E-state index in [1.165, 1.54) is 44.7 Å². The molecule has 33 heavy (non-hydrogen) atoms. The van der Waals surface area contributed by atoms with Gasteiger partial charge in [0.25, 0.3) is 15.9 Å². The Morgan fingerprint density at radius 3 is 2.24 bits per heavy atom. The molecule has 0 bridgehead atoms. The van der Waals surface area contributed by atoms with Gasteiger partial charge >= 0.3 is 0 Å². The van der Waals surface area contributed by atoms with Crippen LogP contribution in [0.15, 0.2) is 76.7 Å². The lowest BCUT2D eigenvalue weighted by Gasteiger charge is -2.10. The number of hydrazone groups is 1. The van der Waals surface area contributed by atoms with Crippen molar-refractivity contribution in [3.05, 3.63) is 77.9 Å². The van der Waals surface area contributed by atoms with Crippen molar-refractivity contribution >= 4 is 27.8 Å². The Labute approximate surface area is 192 Å². The Balaban J connectivity index is 1.72. The van der Waals surface area contributed by atoms with E-state index in [1.54, 1.807) is 49.6 Å². The van der Waals surface area contributed by atoms with Gasteiger partial charge in [-0.25, -0.2) is 13.8 Å². The number of anilines is 1. The van der Waals surface area contributed by atoms with E-state index in [1.807, 2.05) is 0 Å². The largest absolute Gasteiger partial charge is 0.497 e. The molecule has 1 amide bonds. The Bertz CT molecular complexity index is 1260. The molecule has 172 valence electrons. The third kappa shape index (κ3) is 6.01. The molecule has 0 saturated heterocycles. The lowest BCUT2D eigenvalue weighted by atomic mass is 10.2. The van der Waals surface area contributed by atoms with Gasteiger partial charge in [-0.3, -0.25) is 9.52 Å². The molecule has 2 N–H and O–H groups in total. The average Bonchev–Trinajstić information content (AvgIpc) is 2.84. The first-order valence-corrected chi connectivity index (χ1v) is 11.2. The number of nitrogens with one attached hydrogen (secondary N) is 2. The van der Waals surface area contributed by atoms with Crippen molar-refractivity contribution in [2.75, 3.05) is 26.1 Å². The van der Waals surface area contributed by atoms with Gasteiger partial charge in [-0.1, -0.05) is 6.07 Å². The van der Waals surface area contributed by atoms with Crippen LogP contribution in [0.5, 0.6) is 17.2 Å². The Morgan fingerprint density at radius 2 is 1.58 bits per heavy atom. The lowest BCUT2D eigenvalue weighted by Crippen LogP contribution is -2.19. The van der Waals surface area contributed by atoms with Crippen LogP contribution in [0.3, 0.4) is 0 Å². The number of nitrogens with zero attached hydrogens (tertiary/aromatic N) is 1. The molecule has 0 aliphatic heterocycles. The summed E-state index contributed by atoms with van der Waals surface area (Å²) < 4.78 is 43.4.